The first-order valence-corrected chi connectivity index (χ1v) is 17.8. The smallest absolute Gasteiger partial charge is 0.336 e. The van der Waals surface area contributed by atoms with Gasteiger partial charge in [0, 0.05) is 12.1 Å². The number of fused-ring (bicyclic) bond motifs is 3. The molecular weight excluding hydrogens is 760 g/mol. The quantitative estimate of drug-likeness (QED) is 0.119. The summed E-state index contributed by atoms with van der Waals surface area (Å²) in [5.74, 6) is -4.63. The van der Waals surface area contributed by atoms with Gasteiger partial charge in [0.1, 0.15) is 77.9 Å². The van der Waals surface area contributed by atoms with E-state index in [2.05, 4.69) is 15.0 Å². The number of nitrogens with one attached hydrogen (secondary N) is 1. The van der Waals surface area contributed by atoms with Gasteiger partial charge in [-0.1, -0.05) is 30.3 Å². The predicted octanol–water partition coefficient (Wildman–Crippen LogP) is 2.12. The minimum Gasteiger partial charge on any atom is -0.508 e. The summed E-state index contributed by atoms with van der Waals surface area (Å²) in [4.78, 5) is 24.6. The molecule has 0 aromatic heterocycles. The Bertz CT molecular complexity index is 2360. The van der Waals surface area contributed by atoms with E-state index in [0.29, 0.717) is 22.6 Å². The van der Waals surface area contributed by atoms with Gasteiger partial charge in [0.05, 0.1) is 23.9 Å². The fraction of sp³-hybridized carbons (Fsp3) is 0.275. The molecule has 8 rings (SSSR count). The van der Waals surface area contributed by atoms with E-state index >= 15 is 0 Å². The van der Waals surface area contributed by atoms with Crippen LogP contribution < -0.4 is 18.9 Å². The van der Waals surface area contributed by atoms with Crippen molar-refractivity contribution in [2.75, 3.05) is 13.2 Å². The van der Waals surface area contributed by atoms with Crippen LogP contribution >= 0.6 is 0 Å². The van der Waals surface area contributed by atoms with Crippen LogP contribution in [0.4, 0.5) is 0 Å². The number of phenolic OH excluding ortho intramolecular Hbond substituents is 2. The van der Waals surface area contributed by atoms with E-state index in [4.69, 9.17) is 29.1 Å². The number of amidine groups is 1. The number of carbonyl (C=O) groups is 1. The molecule has 18 heteroatoms. The lowest BCUT2D eigenvalue weighted by Gasteiger charge is -2.55. The largest absolute Gasteiger partial charge is 0.508 e. The van der Waals surface area contributed by atoms with Crippen LogP contribution in [0.1, 0.15) is 22.8 Å². The zero-order valence-corrected chi connectivity index (χ0v) is 30.1. The van der Waals surface area contributed by atoms with Crippen molar-refractivity contribution in [3.8, 4) is 34.5 Å². The molecule has 2 bridgehead atoms. The summed E-state index contributed by atoms with van der Waals surface area (Å²) in [5.41, 5.74) is -3.93. The Kier molecular flexibility index (Phi) is 9.74. The molecule has 3 aromatic carbocycles. The van der Waals surface area contributed by atoms with Crippen LogP contribution in [0.15, 0.2) is 100.0 Å². The van der Waals surface area contributed by atoms with E-state index in [1.165, 1.54) is 48.8 Å². The number of aliphatic hydroxyl groups excluding tert-OH is 3. The lowest BCUT2D eigenvalue weighted by atomic mass is 9.64. The average Bonchev–Trinajstić information content (AvgIpc) is 3.89. The third kappa shape index (κ3) is 6.71. The fourth-order valence-electron chi connectivity index (χ4n) is 7.34. The summed E-state index contributed by atoms with van der Waals surface area (Å²) >= 11 is 0. The van der Waals surface area contributed by atoms with E-state index in [1.807, 2.05) is 0 Å². The van der Waals surface area contributed by atoms with Gasteiger partial charge in [-0.15, -0.1) is 0 Å². The van der Waals surface area contributed by atoms with Crippen LogP contribution in [-0.2, 0) is 16.1 Å². The Morgan fingerprint density at radius 1 is 1.05 bits per heavy atom. The number of aliphatic hydroxyl groups is 5. The van der Waals surface area contributed by atoms with Crippen LogP contribution in [0.2, 0.25) is 0 Å². The second kappa shape index (κ2) is 14.7. The lowest BCUT2D eigenvalue weighted by molar-refractivity contribution is -0.337. The second-order valence-corrected chi connectivity index (χ2v) is 14.0. The first kappa shape index (κ1) is 38.3. The number of ether oxygens (including phenoxy) is 5. The SMILES string of the molecule is N=C1C=CC(C(O)COc2ccc(C3C=C(O)c4c(cc(OC5OC(C(=O)O)C6(O)C(C7=NC=NC7)C=CC5(O)C6O)c(OCc5cccc(O)c5)c4O)O3)cc2)=N1. The molecule has 8 unspecified atom stereocenters. The summed E-state index contributed by atoms with van der Waals surface area (Å²) in [6, 6.07) is 13.7. The highest BCUT2D eigenvalue weighted by molar-refractivity contribution is 6.15. The Morgan fingerprint density at radius 3 is 2.53 bits per heavy atom. The Hall–Kier alpha value is -6.57. The van der Waals surface area contributed by atoms with E-state index in [9.17, 15) is 45.6 Å². The first-order chi connectivity index (χ1) is 27.8. The molecule has 0 amide bonds. The molecule has 5 aliphatic rings. The minimum absolute atomic E-state index is 0.00935. The number of carboxylic acid groups (broad SMARTS) is 1. The van der Waals surface area contributed by atoms with Crippen molar-refractivity contribution in [1.82, 2.24) is 0 Å². The Morgan fingerprint density at radius 2 is 1.84 bits per heavy atom. The summed E-state index contributed by atoms with van der Waals surface area (Å²) < 4.78 is 29.7. The summed E-state index contributed by atoms with van der Waals surface area (Å²) in [5, 5.41) is 96.3. The maximum absolute atomic E-state index is 12.6. The van der Waals surface area contributed by atoms with Gasteiger partial charge in [-0.05, 0) is 53.6 Å². The van der Waals surface area contributed by atoms with Crippen LogP contribution in [0.3, 0.4) is 0 Å². The van der Waals surface area contributed by atoms with Crippen LogP contribution in [0.25, 0.3) is 5.76 Å². The molecule has 0 radical (unpaired) electrons. The van der Waals surface area contributed by atoms with Gasteiger partial charge in [-0.2, -0.15) is 0 Å². The van der Waals surface area contributed by atoms with Crippen LogP contribution in [0.5, 0.6) is 34.5 Å². The number of rotatable bonds is 12. The molecule has 58 heavy (non-hydrogen) atoms. The minimum atomic E-state index is -2.63. The van der Waals surface area contributed by atoms with E-state index < -0.39 is 76.8 Å². The number of hydrogen-bond acceptors (Lipinski definition) is 16. The highest BCUT2D eigenvalue weighted by Crippen LogP contribution is 2.53. The molecule has 1 aliphatic carbocycles. The average molecular weight is 797 g/mol. The molecular formula is C40H36N4O14. The third-order valence-corrected chi connectivity index (χ3v) is 10.3. The number of aliphatic imine (C=N–C) groups is 3. The number of nitrogens with zero attached hydrogens (tertiary/aromatic N) is 3. The van der Waals surface area contributed by atoms with E-state index in [-0.39, 0.29) is 48.4 Å². The molecule has 1 saturated heterocycles. The normalized spacial score (nSPS) is 28.5. The maximum atomic E-state index is 12.6. The standard InChI is InChI=1S/C40H36N4O14/c41-31-9-8-24(44-31)27(47)17-54-22-6-4-20(5-7-22)28-13-26(46)32-29(56-28)14-30(34(33(32)48)55-16-19-2-1-3-21(45)12-19)57-38-39(52)11-10-23(25-15-42-18-43-25)40(53,37(39)51)35(58-38)36(49)50/h1-14,18,23,27-28,35,37-38,41,45-48,51-53H,15-17H2,(H,49,50). The van der Waals surface area contributed by atoms with Gasteiger partial charge in [0.15, 0.2) is 23.2 Å². The first-order valence-electron chi connectivity index (χ1n) is 17.8. The van der Waals surface area contributed by atoms with Crippen LogP contribution in [0, 0.1) is 11.3 Å². The lowest BCUT2D eigenvalue weighted by Crippen LogP contribution is -2.78. The maximum Gasteiger partial charge on any atom is 0.336 e. The monoisotopic (exact) mass is 796 g/mol. The molecule has 4 heterocycles. The number of benzene rings is 3. The highest BCUT2D eigenvalue weighted by atomic mass is 16.7. The van der Waals surface area contributed by atoms with Crippen molar-refractivity contribution in [2.45, 2.75) is 48.5 Å². The second-order valence-electron chi connectivity index (χ2n) is 14.0. The number of aliphatic carboxylic acids is 1. The van der Waals surface area contributed by atoms with E-state index in [0.717, 1.165) is 6.08 Å². The summed E-state index contributed by atoms with van der Waals surface area (Å²) in [6.45, 7) is -0.395. The van der Waals surface area contributed by atoms with Crippen molar-refractivity contribution < 1.29 is 69.3 Å². The predicted molar refractivity (Wildman–Crippen MR) is 203 cm³/mol. The molecule has 9 N–H and O–H groups in total. The van der Waals surface area contributed by atoms with Gasteiger partial charge < -0.3 is 64.5 Å². The molecule has 8 atom stereocenters. The topological polar surface area (TPSA) is 286 Å². The van der Waals surface area contributed by atoms with Crippen LogP contribution in [-0.4, -0.2) is 119 Å². The Labute approximate surface area is 328 Å². The molecule has 0 saturated carbocycles. The number of carboxylic acids is 1. The third-order valence-electron chi connectivity index (χ3n) is 10.3. The Balaban J connectivity index is 1.11. The van der Waals surface area contributed by atoms with Gasteiger partial charge in [-0.25, -0.2) is 14.8 Å². The molecule has 1 fully saturated rings. The fourth-order valence-corrected chi connectivity index (χ4v) is 7.34. The molecule has 18 nitrogen and oxygen atoms in total. The van der Waals surface area contributed by atoms with Crippen molar-refractivity contribution in [3.05, 3.63) is 102 Å². The van der Waals surface area contributed by atoms with Crippen molar-refractivity contribution in [2.24, 2.45) is 20.9 Å². The van der Waals surface area contributed by atoms with Crippen molar-refractivity contribution in [3.63, 3.8) is 0 Å². The molecule has 0 spiro atoms. The number of phenols is 2. The zero-order chi connectivity index (χ0) is 40.9. The summed E-state index contributed by atoms with van der Waals surface area (Å²) in [6.07, 6.45) is -0.536. The van der Waals surface area contributed by atoms with Gasteiger partial charge in [-0.3, -0.25) is 10.4 Å². The summed E-state index contributed by atoms with van der Waals surface area (Å²) in [7, 11) is 0. The van der Waals surface area contributed by atoms with Gasteiger partial charge >= 0.3 is 5.97 Å². The molecule has 300 valence electrons. The molecule has 3 aromatic rings. The highest BCUT2D eigenvalue weighted by Gasteiger charge is 2.69. The van der Waals surface area contributed by atoms with Gasteiger partial charge in [0.2, 0.25) is 12.0 Å². The zero-order valence-electron chi connectivity index (χ0n) is 30.1. The van der Waals surface area contributed by atoms with Crippen molar-refractivity contribution in [1.29, 1.82) is 5.41 Å². The van der Waals surface area contributed by atoms with E-state index in [1.54, 1.807) is 36.4 Å². The number of hydrogen-bond donors (Lipinski definition) is 9. The number of aromatic hydroxyl groups is 2. The van der Waals surface area contributed by atoms with Gasteiger partial charge in [0.25, 0.3) is 0 Å². The molecule has 4 aliphatic heterocycles. The van der Waals surface area contributed by atoms with Crippen molar-refractivity contribution >= 4 is 35.3 Å².